The van der Waals surface area contributed by atoms with Crippen molar-refractivity contribution in [2.24, 2.45) is 0 Å². The summed E-state index contributed by atoms with van der Waals surface area (Å²) < 4.78 is 1.77. The topological polar surface area (TPSA) is 37.3 Å². The van der Waals surface area contributed by atoms with Crippen molar-refractivity contribution in [1.29, 1.82) is 0 Å². The Morgan fingerprint density at radius 2 is 2.21 bits per heavy atom. The molecule has 4 heteroatoms. The zero-order valence-electron chi connectivity index (χ0n) is 7.16. The summed E-state index contributed by atoms with van der Waals surface area (Å²) in [6.45, 7) is 0. The summed E-state index contributed by atoms with van der Waals surface area (Å²) >= 11 is 7.31. The minimum atomic E-state index is -0.813. The SMILES string of the molecule is O=C(O)Cc1ccc2cc(Cl)sc2c1. The quantitative estimate of drug-likeness (QED) is 0.854. The van der Waals surface area contributed by atoms with E-state index >= 15 is 0 Å². The summed E-state index contributed by atoms with van der Waals surface area (Å²) in [5.74, 6) is -0.813. The van der Waals surface area contributed by atoms with Crippen LogP contribution in [-0.4, -0.2) is 11.1 Å². The van der Waals surface area contributed by atoms with Crippen molar-refractivity contribution in [3.8, 4) is 0 Å². The van der Waals surface area contributed by atoms with Crippen molar-refractivity contribution in [3.63, 3.8) is 0 Å². The number of carboxylic acid groups (broad SMARTS) is 1. The molecule has 1 aromatic heterocycles. The molecule has 0 saturated heterocycles. The highest BCUT2D eigenvalue weighted by molar-refractivity contribution is 7.22. The summed E-state index contributed by atoms with van der Waals surface area (Å²) in [6, 6.07) is 7.47. The highest BCUT2D eigenvalue weighted by Gasteiger charge is 2.03. The Balaban J connectivity index is 2.45. The molecule has 14 heavy (non-hydrogen) atoms. The number of rotatable bonds is 2. The van der Waals surface area contributed by atoms with E-state index in [9.17, 15) is 4.79 Å². The fourth-order valence-electron chi connectivity index (χ4n) is 1.33. The van der Waals surface area contributed by atoms with Crippen molar-refractivity contribution in [3.05, 3.63) is 34.2 Å². The monoisotopic (exact) mass is 226 g/mol. The van der Waals surface area contributed by atoms with Crippen LogP contribution in [-0.2, 0) is 11.2 Å². The van der Waals surface area contributed by atoms with E-state index in [1.165, 1.54) is 11.3 Å². The molecule has 2 nitrogen and oxygen atoms in total. The molecule has 0 aliphatic heterocycles. The van der Waals surface area contributed by atoms with Gasteiger partial charge >= 0.3 is 5.97 Å². The first-order valence-electron chi connectivity index (χ1n) is 4.05. The van der Waals surface area contributed by atoms with Crippen LogP contribution in [0.5, 0.6) is 0 Å². The number of carbonyl (C=O) groups is 1. The van der Waals surface area contributed by atoms with Gasteiger partial charge in [0.1, 0.15) is 0 Å². The van der Waals surface area contributed by atoms with Gasteiger partial charge in [0, 0.05) is 4.70 Å². The van der Waals surface area contributed by atoms with Gasteiger partial charge in [-0.25, -0.2) is 0 Å². The number of aliphatic carboxylic acids is 1. The third kappa shape index (κ3) is 1.89. The maximum atomic E-state index is 10.5. The van der Waals surface area contributed by atoms with Gasteiger partial charge in [-0.05, 0) is 23.1 Å². The van der Waals surface area contributed by atoms with Crippen molar-refractivity contribution in [1.82, 2.24) is 0 Å². The molecule has 0 amide bonds. The van der Waals surface area contributed by atoms with Gasteiger partial charge in [-0.3, -0.25) is 4.79 Å². The van der Waals surface area contributed by atoms with Gasteiger partial charge in [0.25, 0.3) is 0 Å². The van der Waals surface area contributed by atoms with Gasteiger partial charge in [0.15, 0.2) is 0 Å². The number of hydrogen-bond acceptors (Lipinski definition) is 2. The predicted octanol–water partition coefficient (Wildman–Crippen LogP) is 3.18. The van der Waals surface area contributed by atoms with E-state index in [4.69, 9.17) is 16.7 Å². The predicted molar refractivity (Wildman–Crippen MR) is 58.2 cm³/mol. The molecule has 1 aromatic carbocycles. The first-order chi connectivity index (χ1) is 6.65. The van der Waals surface area contributed by atoms with Crippen LogP contribution in [0.4, 0.5) is 0 Å². The first kappa shape index (κ1) is 9.49. The van der Waals surface area contributed by atoms with Gasteiger partial charge in [0.2, 0.25) is 0 Å². The summed E-state index contributed by atoms with van der Waals surface area (Å²) in [6.07, 6.45) is 0.0610. The Morgan fingerprint density at radius 1 is 1.43 bits per heavy atom. The standard InChI is InChI=1S/C10H7ClO2S/c11-9-5-7-2-1-6(4-10(12)13)3-8(7)14-9/h1-3,5H,4H2,(H,12,13). The van der Waals surface area contributed by atoms with E-state index < -0.39 is 5.97 Å². The number of carboxylic acids is 1. The van der Waals surface area contributed by atoms with Crippen molar-refractivity contribution >= 4 is 39.0 Å². The second-order valence-corrected chi connectivity index (χ2v) is 4.71. The van der Waals surface area contributed by atoms with Crippen LogP contribution in [0.25, 0.3) is 10.1 Å². The van der Waals surface area contributed by atoms with Crippen LogP contribution in [0.15, 0.2) is 24.3 Å². The van der Waals surface area contributed by atoms with Gasteiger partial charge in [-0.1, -0.05) is 23.7 Å². The van der Waals surface area contributed by atoms with Crippen molar-refractivity contribution < 1.29 is 9.90 Å². The molecule has 0 unspecified atom stereocenters. The Kier molecular flexibility index (Phi) is 2.44. The molecular formula is C10H7ClO2S. The fourth-order valence-corrected chi connectivity index (χ4v) is 2.55. The molecule has 0 aliphatic rings. The van der Waals surface area contributed by atoms with E-state index in [1.54, 1.807) is 0 Å². The second-order valence-electron chi connectivity index (χ2n) is 2.99. The Bertz CT molecular complexity index is 490. The Morgan fingerprint density at radius 3 is 2.93 bits per heavy atom. The summed E-state index contributed by atoms with van der Waals surface area (Å²) in [5, 5.41) is 9.69. The third-order valence-corrected chi connectivity index (χ3v) is 3.14. The van der Waals surface area contributed by atoms with E-state index in [-0.39, 0.29) is 6.42 Å². The first-order valence-corrected chi connectivity index (χ1v) is 5.24. The summed E-state index contributed by atoms with van der Waals surface area (Å²) in [7, 11) is 0. The number of thiophene rings is 1. The summed E-state index contributed by atoms with van der Waals surface area (Å²) in [5.41, 5.74) is 0.809. The highest BCUT2D eigenvalue weighted by atomic mass is 35.5. The number of benzene rings is 1. The smallest absolute Gasteiger partial charge is 0.307 e. The average molecular weight is 227 g/mol. The molecule has 0 atom stereocenters. The molecular weight excluding hydrogens is 220 g/mol. The zero-order chi connectivity index (χ0) is 10.1. The second kappa shape index (κ2) is 3.59. The molecule has 0 radical (unpaired) electrons. The van der Waals surface area contributed by atoms with Gasteiger partial charge in [-0.2, -0.15) is 0 Å². The van der Waals surface area contributed by atoms with E-state index in [0.717, 1.165) is 20.0 Å². The van der Waals surface area contributed by atoms with Crippen LogP contribution < -0.4 is 0 Å². The minimum Gasteiger partial charge on any atom is -0.481 e. The van der Waals surface area contributed by atoms with E-state index in [1.807, 2.05) is 24.3 Å². The molecule has 0 saturated carbocycles. The van der Waals surface area contributed by atoms with Gasteiger partial charge in [-0.15, -0.1) is 11.3 Å². The van der Waals surface area contributed by atoms with Crippen LogP contribution in [0.1, 0.15) is 5.56 Å². The van der Waals surface area contributed by atoms with Gasteiger partial charge in [0.05, 0.1) is 10.8 Å². The fraction of sp³-hybridized carbons (Fsp3) is 0.100. The summed E-state index contributed by atoms with van der Waals surface area (Å²) in [4.78, 5) is 10.5. The third-order valence-electron chi connectivity index (χ3n) is 1.91. The normalized spacial score (nSPS) is 10.6. The van der Waals surface area contributed by atoms with Gasteiger partial charge < -0.3 is 5.11 Å². The molecule has 2 aromatic rings. The largest absolute Gasteiger partial charge is 0.481 e. The van der Waals surface area contributed by atoms with Crippen molar-refractivity contribution in [2.45, 2.75) is 6.42 Å². The molecule has 0 aliphatic carbocycles. The zero-order valence-corrected chi connectivity index (χ0v) is 8.73. The molecule has 1 heterocycles. The molecule has 0 fully saturated rings. The maximum Gasteiger partial charge on any atom is 0.307 e. The molecule has 72 valence electrons. The van der Waals surface area contributed by atoms with Crippen LogP contribution in [0.3, 0.4) is 0 Å². The number of fused-ring (bicyclic) bond motifs is 1. The Hall–Kier alpha value is -1.06. The van der Waals surface area contributed by atoms with Crippen molar-refractivity contribution in [2.75, 3.05) is 0 Å². The maximum absolute atomic E-state index is 10.5. The lowest BCUT2D eigenvalue weighted by Crippen LogP contribution is -1.99. The van der Waals surface area contributed by atoms with Crippen LogP contribution >= 0.6 is 22.9 Å². The van der Waals surface area contributed by atoms with Crippen LogP contribution in [0.2, 0.25) is 4.34 Å². The average Bonchev–Trinajstić information content (AvgIpc) is 2.42. The highest BCUT2D eigenvalue weighted by Crippen LogP contribution is 2.29. The lowest BCUT2D eigenvalue weighted by Gasteiger charge is -1.96. The molecule has 1 N–H and O–H groups in total. The lowest BCUT2D eigenvalue weighted by molar-refractivity contribution is -0.136. The molecule has 2 rings (SSSR count). The van der Waals surface area contributed by atoms with E-state index in [2.05, 4.69) is 0 Å². The van der Waals surface area contributed by atoms with Crippen LogP contribution in [0, 0.1) is 0 Å². The molecule has 0 bridgehead atoms. The molecule has 0 spiro atoms. The number of halogens is 1. The number of hydrogen-bond donors (Lipinski definition) is 1. The lowest BCUT2D eigenvalue weighted by atomic mass is 10.1. The van der Waals surface area contributed by atoms with E-state index in [0.29, 0.717) is 0 Å². The minimum absolute atomic E-state index is 0.0610. The Labute approximate surface area is 89.7 Å².